The van der Waals surface area contributed by atoms with Crippen LogP contribution in [-0.2, 0) is 7.05 Å². The molecule has 146 valence electrons. The molecule has 0 aliphatic carbocycles. The Morgan fingerprint density at radius 2 is 1.60 bits per heavy atom. The van der Waals surface area contributed by atoms with Gasteiger partial charge >= 0.3 is 0 Å². The van der Waals surface area contributed by atoms with Crippen LogP contribution in [0.3, 0.4) is 0 Å². The van der Waals surface area contributed by atoms with E-state index in [-0.39, 0.29) is 5.56 Å². The number of rotatable bonds is 3. The van der Waals surface area contributed by atoms with Gasteiger partial charge in [-0.2, -0.15) is 0 Å². The molecule has 0 aliphatic rings. The van der Waals surface area contributed by atoms with Crippen molar-refractivity contribution in [3.05, 3.63) is 95.3 Å². The van der Waals surface area contributed by atoms with E-state index in [0.717, 1.165) is 49.9 Å². The fourth-order valence-electron chi connectivity index (χ4n) is 3.95. The maximum atomic E-state index is 12.2. The first kappa shape index (κ1) is 18.1. The van der Waals surface area contributed by atoms with Crippen LogP contribution in [0.5, 0.6) is 5.75 Å². The van der Waals surface area contributed by atoms with Crippen molar-refractivity contribution in [1.82, 2.24) is 9.55 Å². The van der Waals surface area contributed by atoms with Gasteiger partial charge in [0.25, 0.3) is 5.56 Å². The topological polar surface area (TPSA) is 44.1 Å². The maximum absolute atomic E-state index is 12.2. The largest absolute Gasteiger partial charge is 0.497 e. The molecule has 0 unspecified atom stereocenters. The summed E-state index contributed by atoms with van der Waals surface area (Å²) in [5, 5.41) is 2.06. The van der Waals surface area contributed by atoms with Crippen LogP contribution in [0.25, 0.3) is 44.2 Å². The smallest absolute Gasteiger partial charge is 0.250 e. The number of aryl methyl sites for hydroxylation is 1. The van der Waals surface area contributed by atoms with Crippen molar-refractivity contribution in [3.63, 3.8) is 0 Å². The molecule has 2 heterocycles. The third kappa shape index (κ3) is 2.94. The molecule has 4 nitrogen and oxygen atoms in total. The number of aromatic nitrogens is 2. The zero-order valence-corrected chi connectivity index (χ0v) is 16.8. The summed E-state index contributed by atoms with van der Waals surface area (Å²) >= 11 is 0. The maximum Gasteiger partial charge on any atom is 0.250 e. The second-order valence-electron chi connectivity index (χ2n) is 7.27. The van der Waals surface area contributed by atoms with Gasteiger partial charge < -0.3 is 9.30 Å². The molecule has 0 N–H and O–H groups in total. The van der Waals surface area contributed by atoms with Crippen molar-refractivity contribution in [2.24, 2.45) is 7.05 Å². The van der Waals surface area contributed by atoms with Crippen LogP contribution in [0.4, 0.5) is 0 Å². The number of fused-ring (bicyclic) bond motifs is 3. The van der Waals surface area contributed by atoms with Crippen LogP contribution < -0.4 is 10.3 Å². The molecule has 0 radical (unpaired) electrons. The normalized spacial score (nSPS) is 11.1. The predicted octanol–water partition coefficient (Wildman–Crippen LogP) is 5.43. The van der Waals surface area contributed by atoms with Crippen molar-refractivity contribution >= 4 is 21.8 Å². The van der Waals surface area contributed by atoms with Gasteiger partial charge in [0.05, 0.1) is 23.8 Å². The summed E-state index contributed by atoms with van der Waals surface area (Å²) in [6.07, 6.45) is 0. The van der Waals surface area contributed by atoms with E-state index in [1.165, 1.54) is 0 Å². The van der Waals surface area contributed by atoms with Gasteiger partial charge in [0.2, 0.25) is 0 Å². The lowest BCUT2D eigenvalue weighted by molar-refractivity contribution is 0.415. The quantitative estimate of drug-likeness (QED) is 0.385. The summed E-state index contributed by atoms with van der Waals surface area (Å²) in [7, 11) is 3.47. The van der Waals surface area contributed by atoms with Crippen molar-refractivity contribution in [2.45, 2.75) is 0 Å². The van der Waals surface area contributed by atoms with E-state index in [4.69, 9.17) is 9.72 Å². The number of hydrogen-bond acceptors (Lipinski definition) is 3. The summed E-state index contributed by atoms with van der Waals surface area (Å²) < 4.78 is 6.97. The van der Waals surface area contributed by atoms with Gasteiger partial charge in [-0.3, -0.25) is 4.79 Å². The zero-order chi connectivity index (χ0) is 20.7. The first-order valence-electron chi connectivity index (χ1n) is 9.79. The Morgan fingerprint density at radius 1 is 0.833 bits per heavy atom. The minimum Gasteiger partial charge on any atom is -0.497 e. The molecule has 0 amide bonds. The van der Waals surface area contributed by atoms with Crippen LogP contribution in [-0.4, -0.2) is 16.7 Å². The van der Waals surface area contributed by atoms with Gasteiger partial charge in [-0.25, -0.2) is 4.98 Å². The fraction of sp³-hybridized carbons (Fsp3) is 0.0769. The molecule has 0 spiro atoms. The standard InChI is InChI=1S/C26H20N2O2/c1-28-24-14-13-22-26(20(24)12-15-25(28)29)21(17-6-4-3-5-7-17)16-23(27-22)18-8-10-19(30-2)11-9-18/h3-16H,1-2H3. The van der Waals surface area contributed by atoms with E-state index in [1.807, 2.05) is 60.7 Å². The molecule has 0 saturated heterocycles. The van der Waals surface area contributed by atoms with Crippen molar-refractivity contribution in [1.29, 1.82) is 0 Å². The van der Waals surface area contributed by atoms with Crippen LogP contribution in [0.15, 0.2) is 89.7 Å². The Balaban J connectivity index is 1.87. The summed E-state index contributed by atoms with van der Waals surface area (Å²) in [6.45, 7) is 0. The highest BCUT2D eigenvalue weighted by molar-refractivity contribution is 6.13. The predicted molar refractivity (Wildman–Crippen MR) is 122 cm³/mol. The zero-order valence-electron chi connectivity index (χ0n) is 16.8. The fourth-order valence-corrected chi connectivity index (χ4v) is 3.95. The summed E-state index contributed by atoms with van der Waals surface area (Å²) in [5.41, 5.74) is 5.89. The Morgan fingerprint density at radius 3 is 2.33 bits per heavy atom. The summed E-state index contributed by atoms with van der Waals surface area (Å²) in [6, 6.07) is 27.8. The third-order valence-electron chi connectivity index (χ3n) is 5.55. The molecular weight excluding hydrogens is 372 g/mol. The molecule has 30 heavy (non-hydrogen) atoms. The van der Waals surface area contributed by atoms with E-state index in [9.17, 15) is 4.79 Å². The van der Waals surface area contributed by atoms with Gasteiger partial charge in [0, 0.05) is 29.4 Å². The average molecular weight is 392 g/mol. The minimum absolute atomic E-state index is 0.0223. The lowest BCUT2D eigenvalue weighted by Gasteiger charge is -2.14. The van der Waals surface area contributed by atoms with E-state index in [1.54, 1.807) is 24.8 Å². The molecule has 5 aromatic rings. The average Bonchev–Trinajstić information content (AvgIpc) is 2.81. The lowest BCUT2D eigenvalue weighted by atomic mass is 9.95. The first-order chi connectivity index (χ1) is 14.7. The van der Waals surface area contributed by atoms with Crippen LogP contribution >= 0.6 is 0 Å². The number of hydrogen-bond donors (Lipinski definition) is 0. The number of methoxy groups -OCH3 is 1. The van der Waals surface area contributed by atoms with Gasteiger partial charge in [-0.1, -0.05) is 30.3 Å². The molecular formula is C26H20N2O2. The van der Waals surface area contributed by atoms with E-state index < -0.39 is 0 Å². The third-order valence-corrected chi connectivity index (χ3v) is 5.55. The monoisotopic (exact) mass is 392 g/mol. The first-order valence-corrected chi connectivity index (χ1v) is 9.79. The lowest BCUT2D eigenvalue weighted by Crippen LogP contribution is -2.15. The molecule has 3 aromatic carbocycles. The molecule has 0 bridgehead atoms. The van der Waals surface area contributed by atoms with Crippen LogP contribution in [0, 0.1) is 0 Å². The highest BCUT2D eigenvalue weighted by Crippen LogP contribution is 2.36. The molecule has 2 aromatic heterocycles. The van der Waals surface area contributed by atoms with Gasteiger partial charge in [0.15, 0.2) is 0 Å². The van der Waals surface area contributed by atoms with Crippen LogP contribution in [0.2, 0.25) is 0 Å². The van der Waals surface area contributed by atoms with Crippen LogP contribution in [0.1, 0.15) is 0 Å². The molecule has 0 atom stereocenters. The van der Waals surface area contributed by atoms with E-state index >= 15 is 0 Å². The Bertz CT molecular complexity index is 1440. The Kier molecular flexibility index (Phi) is 4.32. The molecule has 0 saturated carbocycles. The molecule has 4 heteroatoms. The molecule has 5 rings (SSSR count). The number of nitrogens with zero attached hydrogens (tertiary/aromatic N) is 2. The molecule has 0 fully saturated rings. The van der Waals surface area contributed by atoms with Gasteiger partial charge in [0.1, 0.15) is 5.75 Å². The SMILES string of the molecule is COc1ccc(-c2cc(-c3ccccc3)c3c(ccc4c3ccc(=O)n4C)n2)cc1. The van der Waals surface area contributed by atoms with E-state index in [0.29, 0.717) is 0 Å². The highest BCUT2D eigenvalue weighted by atomic mass is 16.5. The van der Waals surface area contributed by atoms with Gasteiger partial charge in [-0.05, 0) is 59.7 Å². The molecule has 0 aliphatic heterocycles. The van der Waals surface area contributed by atoms with Crippen molar-refractivity contribution in [3.8, 4) is 28.1 Å². The van der Waals surface area contributed by atoms with E-state index in [2.05, 4.69) is 18.2 Å². The number of pyridine rings is 2. The Labute approximate surface area is 174 Å². The summed E-state index contributed by atoms with van der Waals surface area (Å²) in [4.78, 5) is 17.1. The van der Waals surface area contributed by atoms with Gasteiger partial charge in [-0.15, -0.1) is 0 Å². The number of ether oxygens (including phenoxy) is 1. The van der Waals surface area contributed by atoms with Crippen molar-refractivity contribution < 1.29 is 4.74 Å². The summed E-state index contributed by atoms with van der Waals surface area (Å²) in [5.74, 6) is 0.815. The second-order valence-corrected chi connectivity index (χ2v) is 7.27. The Hall–Kier alpha value is -3.92. The minimum atomic E-state index is -0.0223. The highest BCUT2D eigenvalue weighted by Gasteiger charge is 2.14. The second kappa shape index (κ2) is 7.16. The number of benzene rings is 3. The van der Waals surface area contributed by atoms with Crippen molar-refractivity contribution in [2.75, 3.05) is 7.11 Å².